The number of nitrogens with one attached hydrogen (secondary N) is 1. The van der Waals surface area contributed by atoms with Crippen molar-refractivity contribution in [1.82, 2.24) is 10.2 Å². The molecule has 4 aliphatic carbocycles. The molecule has 232 valence electrons. The van der Waals surface area contributed by atoms with Gasteiger partial charge in [0, 0.05) is 12.5 Å². The minimum atomic E-state index is -0.223. The molecule has 5 unspecified atom stereocenters. The Balaban J connectivity index is 1.32. The highest BCUT2D eigenvalue weighted by Crippen LogP contribution is 2.68. The lowest BCUT2D eigenvalue weighted by Gasteiger charge is -2.62. The lowest BCUT2D eigenvalue weighted by Crippen LogP contribution is -2.59. The fraction of sp³-hybridized carbons (Fsp3) is 0.971. The average Bonchev–Trinajstić information content (AvgIpc) is 3.27. The van der Waals surface area contributed by atoms with Crippen LogP contribution in [0.4, 0.5) is 0 Å². The smallest absolute Gasteiger partial charge is 0.306 e. The molecule has 0 aromatic heterocycles. The monoisotopic (exact) mass is 561 g/mol. The number of esters is 1. The molecular weight excluding hydrogens is 498 g/mol. The zero-order valence-electron chi connectivity index (χ0n) is 26.8. The molecule has 40 heavy (non-hydrogen) atoms. The van der Waals surface area contributed by atoms with Gasteiger partial charge in [-0.05, 0) is 164 Å². The molecule has 0 bridgehead atoms. The number of hydrogen-bond donors (Lipinski definition) is 3. The largest absolute Gasteiger partial charge is 0.463 e. The second-order valence-corrected chi connectivity index (χ2v) is 15.2. The number of nitrogens with zero attached hydrogens (tertiary/aromatic N) is 1. The molecule has 4 fully saturated rings. The van der Waals surface area contributed by atoms with E-state index >= 15 is 0 Å². The third-order valence-electron chi connectivity index (χ3n) is 12.6. The van der Waals surface area contributed by atoms with Crippen molar-refractivity contribution in [2.45, 2.75) is 130 Å². The van der Waals surface area contributed by atoms with Gasteiger partial charge in [0.15, 0.2) is 0 Å². The molecule has 10 atom stereocenters. The first-order valence-electron chi connectivity index (χ1n) is 17.0. The minimum absolute atomic E-state index is 0.0121. The van der Waals surface area contributed by atoms with Crippen molar-refractivity contribution in [1.29, 1.82) is 0 Å². The topological polar surface area (TPSA) is 87.8 Å². The highest BCUT2D eigenvalue weighted by Gasteiger charge is 2.63. The third kappa shape index (κ3) is 6.76. The van der Waals surface area contributed by atoms with Gasteiger partial charge in [0.05, 0.1) is 12.2 Å². The zero-order valence-corrected chi connectivity index (χ0v) is 26.8. The molecule has 4 aliphatic rings. The van der Waals surface area contributed by atoms with Crippen LogP contribution >= 0.6 is 0 Å². The van der Waals surface area contributed by atoms with Gasteiger partial charge in [-0.1, -0.05) is 20.8 Å². The predicted octanol–water partition coefficient (Wildman–Crippen LogP) is 5.61. The van der Waals surface area contributed by atoms with Crippen molar-refractivity contribution in [3.63, 3.8) is 0 Å². The molecule has 4 N–H and O–H groups in total. The average molecular weight is 562 g/mol. The van der Waals surface area contributed by atoms with Gasteiger partial charge in [-0.3, -0.25) is 4.79 Å². The van der Waals surface area contributed by atoms with Crippen LogP contribution in [-0.2, 0) is 9.53 Å². The van der Waals surface area contributed by atoms with Crippen LogP contribution in [0.2, 0.25) is 0 Å². The molecule has 0 aliphatic heterocycles. The van der Waals surface area contributed by atoms with Gasteiger partial charge < -0.3 is 25.8 Å². The van der Waals surface area contributed by atoms with Gasteiger partial charge in [0.2, 0.25) is 0 Å². The summed E-state index contributed by atoms with van der Waals surface area (Å²) in [7, 11) is 2.21. The number of hydrogen-bond acceptors (Lipinski definition) is 6. The standard InChI is InChI=1S/C34H63N3O3/c1-23(2)40-32(39)14-9-24(3)28-12-13-29-27-11-10-25-21-26(36-18-8-20-37(6)19-7-17-35)15-16-33(25,4)30(27)22-31(38)34(28,29)5/h23-31,36,38H,7-22,35H2,1-6H3/t24-,25?,26+,27?,28?,29?,30?,31+,33+,34-/m1/s1. The first-order valence-corrected chi connectivity index (χ1v) is 17.0. The summed E-state index contributed by atoms with van der Waals surface area (Å²) in [6.07, 6.45) is 13.4. The molecule has 0 radical (unpaired) electrons. The first-order chi connectivity index (χ1) is 19.0. The summed E-state index contributed by atoms with van der Waals surface area (Å²) in [4.78, 5) is 14.6. The van der Waals surface area contributed by atoms with E-state index in [0.717, 1.165) is 57.3 Å². The van der Waals surface area contributed by atoms with E-state index in [-0.39, 0.29) is 23.6 Å². The summed E-state index contributed by atoms with van der Waals surface area (Å²) in [5.74, 6) is 3.69. The van der Waals surface area contributed by atoms with Crippen molar-refractivity contribution < 1.29 is 14.6 Å². The Morgan fingerprint density at radius 2 is 1.80 bits per heavy atom. The molecule has 0 saturated heterocycles. The van der Waals surface area contributed by atoms with E-state index in [1.54, 1.807) is 0 Å². The normalized spacial score (nSPS) is 40.0. The zero-order chi connectivity index (χ0) is 29.1. The summed E-state index contributed by atoms with van der Waals surface area (Å²) in [6.45, 7) is 15.3. The fourth-order valence-electron chi connectivity index (χ4n) is 10.4. The van der Waals surface area contributed by atoms with Crippen LogP contribution in [0.25, 0.3) is 0 Å². The predicted molar refractivity (Wildman–Crippen MR) is 164 cm³/mol. The Labute approximate surface area is 245 Å². The second-order valence-electron chi connectivity index (χ2n) is 15.2. The maximum atomic E-state index is 12.2. The molecule has 6 heteroatoms. The van der Waals surface area contributed by atoms with E-state index < -0.39 is 0 Å². The van der Waals surface area contributed by atoms with Crippen molar-refractivity contribution in [2.24, 2.45) is 52.1 Å². The van der Waals surface area contributed by atoms with Gasteiger partial charge in [0.25, 0.3) is 0 Å². The summed E-state index contributed by atoms with van der Waals surface area (Å²) in [5.41, 5.74) is 6.02. The summed E-state index contributed by atoms with van der Waals surface area (Å²) in [5, 5.41) is 15.8. The molecule has 0 aromatic rings. The summed E-state index contributed by atoms with van der Waals surface area (Å²) >= 11 is 0. The second kappa shape index (κ2) is 13.7. The van der Waals surface area contributed by atoms with E-state index in [1.807, 2.05) is 13.8 Å². The lowest BCUT2D eigenvalue weighted by molar-refractivity contribution is -0.170. The Kier molecular flexibility index (Phi) is 11.1. The van der Waals surface area contributed by atoms with Gasteiger partial charge in [-0.2, -0.15) is 0 Å². The maximum Gasteiger partial charge on any atom is 0.306 e. The number of aliphatic hydroxyl groups excluding tert-OH is 1. The maximum absolute atomic E-state index is 12.2. The Morgan fingerprint density at radius 3 is 2.52 bits per heavy atom. The van der Waals surface area contributed by atoms with Crippen LogP contribution in [0, 0.1) is 46.3 Å². The number of fused-ring (bicyclic) bond motifs is 5. The Morgan fingerprint density at radius 1 is 1.05 bits per heavy atom. The van der Waals surface area contributed by atoms with Gasteiger partial charge in [-0.25, -0.2) is 0 Å². The molecule has 4 saturated carbocycles. The number of ether oxygens (including phenoxy) is 1. The number of carbonyl (C=O) groups is 1. The van der Waals surface area contributed by atoms with Crippen LogP contribution in [0.3, 0.4) is 0 Å². The molecule has 0 heterocycles. The van der Waals surface area contributed by atoms with E-state index in [2.05, 4.69) is 38.0 Å². The number of nitrogens with two attached hydrogens (primary N) is 1. The van der Waals surface area contributed by atoms with E-state index in [4.69, 9.17) is 10.5 Å². The van der Waals surface area contributed by atoms with E-state index in [1.165, 1.54) is 51.4 Å². The molecule has 6 nitrogen and oxygen atoms in total. The van der Waals surface area contributed by atoms with E-state index in [9.17, 15) is 9.90 Å². The third-order valence-corrected chi connectivity index (χ3v) is 12.6. The van der Waals surface area contributed by atoms with Crippen LogP contribution in [0.15, 0.2) is 0 Å². The quantitative estimate of drug-likeness (QED) is 0.200. The van der Waals surface area contributed by atoms with Crippen LogP contribution in [0.1, 0.15) is 112 Å². The van der Waals surface area contributed by atoms with Crippen LogP contribution in [-0.4, -0.2) is 67.5 Å². The molecule has 4 rings (SSSR count). The molecule has 0 amide bonds. The Bertz CT molecular complexity index is 822. The number of carbonyl (C=O) groups excluding carboxylic acids is 1. The minimum Gasteiger partial charge on any atom is -0.463 e. The van der Waals surface area contributed by atoms with Crippen molar-refractivity contribution in [2.75, 3.05) is 33.2 Å². The van der Waals surface area contributed by atoms with Crippen LogP contribution in [0.5, 0.6) is 0 Å². The Hall–Kier alpha value is -0.690. The van der Waals surface area contributed by atoms with Gasteiger partial charge in [-0.15, -0.1) is 0 Å². The number of rotatable bonds is 13. The van der Waals surface area contributed by atoms with Crippen LogP contribution < -0.4 is 11.1 Å². The number of aliphatic hydroxyl groups is 1. The highest BCUT2D eigenvalue weighted by atomic mass is 16.5. The fourth-order valence-corrected chi connectivity index (χ4v) is 10.4. The van der Waals surface area contributed by atoms with Crippen molar-refractivity contribution in [3.8, 4) is 0 Å². The van der Waals surface area contributed by atoms with E-state index in [0.29, 0.717) is 41.5 Å². The molecule has 0 aromatic carbocycles. The summed E-state index contributed by atoms with van der Waals surface area (Å²) in [6, 6.07) is 0.654. The highest BCUT2D eigenvalue weighted by molar-refractivity contribution is 5.69. The van der Waals surface area contributed by atoms with Crippen molar-refractivity contribution >= 4 is 5.97 Å². The molecule has 0 spiro atoms. The van der Waals surface area contributed by atoms with Gasteiger partial charge >= 0.3 is 5.97 Å². The summed E-state index contributed by atoms with van der Waals surface area (Å²) < 4.78 is 5.41. The first kappa shape index (κ1) is 32.2. The van der Waals surface area contributed by atoms with Gasteiger partial charge in [0.1, 0.15) is 0 Å². The van der Waals surface area contributed by atoms with Crippen molar-refractivity contribution in [3.05, 3.63) is 0 Å². The molecular formula is C34H63N3O3. The lowest BCUT2D eigenvalue weighted by atomic mass is 9.43. The SMILES string of the molecule is CC(C)OC(=O)CC[C@@H](C)C1CCC2C3CCC4C[C@@H](NCCCN(C)CCCN)CC[C@]4(C)C3C[C@H](O)[C@@]21C.